The normalized spacial score (nSPS) is 13.9. The predicted octanol–water partition coefficient (Wildman–Crippen LogP) is 0.868. The number of rotatable bonds is 8. The summed E-state index contributed by atoms with van der Waals surface area (Å²) in [7, 11) is 4.22. The van der Waals surface area contributed by atoms with Crippen LogP contribution in [0.5, 0.6) is 0 Å². The van der Waals surface area contributed by atoms with Crippen molar-refractivity contribution in [3.8, 4) is 0 Å². The highest BCUT2D eigenvalue weighted by Gasteiger charge is 2.05. The van der Waals surface area contributed by atoms with Crippen LogP contribution in [0.15, 0.2) is 0 Å². The average Bonchev–Trinajstić information content (AvgIpc) is 2.13. The highest BCUT2D eigenvalue weighted by Crippen LogP contribution is 1.91. The first-order valence-corrected chi connectivity index (χ1v) is 5.70. The lowest BCUT2D eigenvalue weighted by Crippen LogP contribution is -2.41. The fourth-order valence-corrected chi connectivity index (χ4v) is 1.47. The van der Waals surface area contributed by atoms with E-state index in [4.69, 9.17) is 0 Å². The van der Waals surface area contributed by atoms with E-state index in [1.807, 2.05) is 0 Å². The third kappa shape index (κ3) is 7.30. The first kappa shape index (κ1) is 13.9. The molecule has 0 aromatic carbocycles. The van der Waals surface area contributed by atoms with Crippen molar-refractivity contribution in [3.63, 3.8) is 0 Å². The molecule has 0 saturated heterocycles. The van der Waals surface area contributed by atoms with Gasteiger partial charge in [0, 0.05) is 25.7 Å². The molecule has 1 unspecified atom stereocenters. The van der Waals surface area contributed by atoms with E-state index >= 15 is 0 Å². The van der Waals surface area contributed by atoms with Gasteiger partial charge in [0.15, 0.2) is 0 Å². The summed E-state index contributed by atoms with van der Waals surface area (Å²) in [6, 6.07) is 0.592. The molecule has 3 heteroatoms. The highest BCUT2D eigenvalue weighted by atomic mass is 15.1. The molecule has 0 amide bonds. The first-order valence-electron chi connectivity index (χ1n) is 5.70. The summed E-state index contributed by atoms with van der Waals surface area (Å²) in [6.07, 6.45) is 0. The van der Waals surface area contributed by atoms with Gasteiger partial charge in [-0.3, -0.25) is 0 Å². The van der Waals surface area contributed by atoms with Gasteiger partial charge in [0.25, 0.3) is 0 Å². The minimum absolute atomic E-state index is 0.592. The maximum Gasteiger partial charge on any atom is 0.0167 e. The Hall–Kier alpha value is -0.120. The molecular formula is C11H27N3. The summed E-state index contributed by atoms with van der Waals surface area (Å²) in [5, 5.41) is 3.53. The molecule has 14 heavy (non-hydrogen) atoms. The third-order valence-electron chi connectivity index (χ3n) is 2.48. The Morgan fingerprint density at radius 2 is 1.71 bits per heavy atom. The second kappa shape index (κ2) is 8.21. The Labute approximate surface area is 89.5 Å². The molecule has 0 rings (SSSR count). The second-order valence-corrected chi connectivity index (χ2v) is 4.14. The second-order valence-electron chi connectivity index (χ2n) is 4.14. The van der Waals surface area contributed by atoms with Gasteiger partial charge in [0.2, 0.25) is 0 Å². The minimum atomic E-state index is 0.592. The summed E-state index contributed by atoms with van der Waals surface area (Å²) in [4.78, 5) is 4.66. The van der Waals surface area contributed by atoms with E-state index in [-0.39, 0.29) is 0 Å². The van der Waals surface area contributed by atoms with Gasteiger partial charge >= 0.3 is 0 Å². The molecule has 0 aromatic rings. The SMILES string of the molecule is CCN(CC)CC(C)NCCN(C)C. The molecule has 0 aliphatic carbocycles. The molecule has 3 nitrogen and oxygen atoms in total. The van der Waals surface area contributed by atoms with Gasteiger partial charge in [-0.15, -0.1) is 0 Å². The van der Waals surface area contributed by atoms with Gasteiger partial charge in [0.1, 0.15) is 0 Å². The van der Waals surface area contributed by atoms with Gasteiger partial charge in [-0.05, 0) is 34.1 Å². The number of likely N-dealkylation sites (N-methyl/N-ethyl adjacent to an activating group) is 2. The van der Waals surface area contributed by atoms with Crippen LogP contribution < -0.4 is 5.32 Å². The molecule has 0 spiro atoms. The summed E-state index contributed by atoms with van der Waals surface area (Å²) in [5.74, 6) is 0. The molecule has 1 N–H and O–H groups in total. The first-order chi connectivity index (χ1) is 6.60. The minimum Gasteiger partial charge on any atom is -0.312 e. The van der Waals surface area contributed by atoms with Gasteiger partial charge in [-0.1, -0.05) is 13.8 Å². The topological polar surface area (TPSA) is 18.5 Å². The molecule has 0 radical (unpaired) electrons. The Balaban J connectivity index is 3.48. The lowest BCUT2D eigenvalue weighted by atomic mass is 10.3. The molecule has 1 atom stereocenters. The number of nitrogens with one attached hydrogen (secondary N) is 1. The van der Waals surface area contributed by atoms with Crippen molar-refractivity contribution < 1.29 is 0 Å². The van der Waals surface area contributed by atoms with E-state index in [1.165, 1.54) is 0 Å². The number of hydrogen-bond donors (Lipinski definition) is 1. The summed E-state index contributed by atoms with van der Waals surface area (Å²) in [5.41, 5.74) is 0. The Morgan fingerprint density at radius 3 is 2.14 bits per heavy atom. The fourth-order valence-electron chi connectivity index (χ4n) is 1.47. The zero-order chi connectivity index (χ0) is 11.0. The van der Waals surface area contributed by atoms with Crippen LogP contribution >= 0.6 is 0 Å². The van der Waals surface area contributed by atoms with Crippen molar-refractivity contribution in [2.75, 3.05) is 46.8 Å². The summed E-state index contributed by atoms with van der Waals surface area (Å²) >= 11 is 0. The molecule has 0 saturated carbocycles. The van der Waals surface area contributed by atoms with Gasteiger partial charge in [0.05, 0.1) is 0 Å². The average molecular weight is 201 g/mol. The zero-order valence-electron chi connectivity index (χ0n) is 10.5. The van der Waals surface area contributed by atoms with Crippen LogP contribution in [-0.2, 0) is 0 Å². The van der Waals surface area contributed by atoms with E-state index in [2.05, 4.69) is 50.0 Å². The van der Waals surface area contributed by atoms with Gasteiger partial charge in [-0.25, -0.2) is 0 Å². The molecule has 0 aliphatic rings. The quantitative estimate of drug-likeness (QED) is 0.628. The lowest BCUT2D eigenvalue weighted by Gasteiger charge is -2.24. The van der Waals surface area contributed by atoms with Crippen molar-refractivity contribution >= 4 is 0 Å². The smallest absolute Gasteiger partial charge is 0.0167 e. The summed E-state index contributed by atoms with van der Waals surface area (Å²) < 4.78 is 0. The van der Waals surface area contributed by atoms with Crippen molar-refractivity contribution in [2.24, 2.45) is 0 Å². The van der Waals surface area contributed by atoms with E-state index in [9.17, 15) is 0 Å². The van der Waals surface area contributed by atoms with E-state index in [1.54, 1.807) is 0 Å². The molecule has 0 aromatic heterocycles. The van der Waals surface area contributed by atoms with Crippen molar-refractivity contribution in [1.82, 2.24) is 15.1 Å². The maximum absolute atomic E-state index is 3.53. The van der Waals surface area contributed by atoms with Crippen molar-refractivity contribution in [2.45, 2.75) is 26.8 Å². The van der Waals surface area contributed by atoms with E-state index in [0.29, 0.717) is 6.04 Å². The Kier molecular flexibility index (Phi) is 8.14. The number of nitrogens with zero attached hydrogens (tertiary/aromatic N) is 2. The third-order valence-corrected chi connectivity index (χ3v) is 2.48. The van der Waals surface area contributed by atoms with E-state index in [0.717, 1.165) is 32.7 Å². The van der Waals surface area contributed by atoms with Crippen molar-refractivity contribution in [3.05, 3.63) is 0 Å². The monoisotopic (exact) mass is 201 g/mol. The Morgan fingerprint density at radius 1 is 1.14 bits per heavy atom. The largest absolute Gasteiger partial charge is 0.312 e. The van der Waals surface area contributed by atoms with Crippen LogP contribution in [0, 0.1) is 0 Å². The fraction of sp³-hybridized carbons (Fsp3) is 1.00. The van der Waals surface area contributed by atoms with Crippen LogP contribution in [0.25, 0.3) is 0 Å². The molecule has 0 fully saturated rings. The van der Waals surface area contributed by atoms with E-state index < -0.39 is 0 Å². The Bertz CT molecular complexity index is 122. The van der Waals surface area contributed by atoms with Crippen molar-refractivity contribution in [1.29, 1.82) is 0 Å². The molecular weight excluding hydrogens is 174 g/mol. The van der Waals surface area contributed by atoms with Crippen LogP contribution in [-0.4, -0.2) is 62.7 Å². The van der Waals surface area contributed by atoms with Gasteiger partial charge < -0.3 is 15.1 Å². The zero-order valence-corrected chi connectivity index (χ0v) is 10.5. The van der Waals surface area contributed by atoms with Gasteiger partial charge in [-0.2, -0.15) is 0 Å². The lowest BCUT2D eigenvalue weighted by molar-refractivity contribution is 0.267. The highest BCUT2D eigenvalue weighted by molar-refractivity contribution is 4.66. The van der Waals surface area contributed by atoms with Crippen LogP contribution in [0.1, 0.15) is 20.8 Å². The predicted molar refractivity (Wildman–Crippen MR) is 63.8 cm³/mol. The molecule has 0 bridgehead atoms. The van der Waals surface area contributed by atoms with Crippen LogP contribution in [0.3, 0.4) is 0 Å². The standard InChI is InChI=1S/C11H27N3/c1-6-14(7-2)10-11(3)12-8-9-13(4)5/h11-12H,6-10H2,1-5H3. The number of hydrogen-bond acceptors (Lipinski definition) is 3. The van der Waals surface area contributed by atoms with Crippen LogP contribution in [0.2, 0.25) is 0 Å². The maximum atomic E-state index is 3.53. The molecule has 0 heterocycles. The molecule has 0 aliphatic heterocycles. The molecule has 86 valence electrons. The van der Waals surface area contributed by atoms with Crippen LogP contribution in [0.4, 0.5) is 0 Å². The summed E-state index contributed by atoms with van der Waals surface area (Å²) in [6.45, 7) is 12.3.